The van der Waals surface area contributed by atoms with Gasteiger partial charge in [-0.1, -0.05) is 17.7 Å². The molecule has 0 saturated carbocycles. The number of aryl methyl sites for hydroxylation is 1. The highest BCUT2D eigenvalue weighted by Crippen LogP contribution is 2.23. The van der Waals surface area contributed by atoms with E-state index >= 15 is 0 Å². The summed E-state index contributed by atoms with van der Waals surface area (Å²) in [7, 11) is 1.63. The summed E-state index contributed by atoms with van der Waals surface area (Å²) in [6.45, 7) is 4.32. The van der Waals surface area contributed by atoms with Crippen molar-refractivity contribution in [3.8, 4) is 17.6 Å². The van der Waals surface area contributed by atoms with Crippen molar-refractivity contribution >= 4 is 41.1 Å². The summed E-state index contributed by atoms with van der Waals surface area (Å²) in [5.74, 6) is 1.81. The number of aromatic nitrogens is 5. The maximum absolute atomic E-state index is 12.6. The molecule has 1 aliphatic rings. The van der Waals surface area contributed by atoms with Crippen LogP contribution in [0.2, 0.25) is 0 Å². The molecule has 5 rings (SSSR count). The van der Waals surface area contributed by atoms with Gasteiger partial charge in [0.1, 0.15) is 24.3 Å². The van der Waals surface area contributed by atoms with Gasteiger partial charge in [0.25, 0.3) is 0 Å². The van der Waals surface area contributed by atoms with Crippen LogP contribution in [0.5, 0.6) is 5.75 Å². The van der Waals surface area contributed by atoms with Crippen LogP contribution in [-0.2, 0) is 4.79 Å². The lowest BCUT2D eigenvalue weighted by Gasteiger charge is -2.22. The fourth-order valence-electron chi connectivity index (χ4n) is 4.53. The molecule has 0 atom stereocenters. The van der Waals surface area contributed by atoms with Gasteiger partial charge < -0.3 is 25.6 Å². The molecule has 14 nitrogen and oxygen atoms in total. The lowest BCUT2D eigenvalue weighted by molar-refractivity contribution is -0.129. The number of carbonyl (C=O) groups excluding carboxylic acids is 2. The van der Waals surface area contributed by atoms with Crippen molar-refractivity contribution in [2.24, 2.45) is 0 Å². The number of nitrogen functional groups attached to an aromatic ring is 1. The first-order valence-electron chi connectivity index (χ1n) is 13.6. The number of carbonyl (C=O) groups is 2. The Hall–Kier alpha value is -5.71. The zero-order valence-corrected chi connectivity index (χ0v) is 23.8. The Bertz CT molecular complexity index is 1630. The molecule has 43 heavy (non-hydrogen) atoms. The number of benzene rings is 2. The highest BCUT2D eigenvalue weighted by atomic mass is 16.6. The lowest BCUT2D eigenvalue weighted by atomic mass is 10.2. The van der Waals surface area contributed by atoms with Gasteiger partial charge in [-0.15, -0.1) is 5.10 Å². The largest absolute Gasteiger partial charge is 0.419 e. The maximum atomic E-state index is 12.6. The minimum Gasteiger partial charge on any atom is -0.410 e. The summed E-state index contributed by atoms with van der Waals surface area (Å²) >= 11 is 0. The molecule has 0 radical (unpaired) electrons. The summed E-state index contributed by atoms with van der Waals surface area (Å²) in [6, 6.07) is 18.1. The average Bonchev–Trinajstić information content (AvgIpc) is 3.21. The molecular formula is C29H31N11O3. The van der Waals surface area contributed by atoms with E-state index < -0.39 is 6.09 Å². The Morgan fingerprint density at radius 2 is 1.79 bits per heavy atom. The molecule has 1 aliphatic heterocycles. The molecule has 0 aliphatic carbocycles. The van der Waals surface area contributed by atoms with Crippen LogP contribution < -0.4 is 25.6 Å². The summed E-state index contributed by atoms with van der Waals surface area (Å²) in [5, 5.41) is 16.4. The quantitative estimate of drug-likeness (QED) is 0.328. The number of nitrogens with one attached hydrogen (secondary N) is 1. The minimum atomic E-state index is -0.507. The third-order valence-electron chi connectivity index (χ3n) is 6.90. The van der Waals surface area contributed by atoms with Gasteiger partial charge >= 0.3 is 6.09 Å². The van der Waals surface area contributed by atoms with E-state index in [9.17, 15) is 9.59 Å². The first kappa shape index (κ1) is 28.8. The summed E-state index contributed by atoms with van der Waals surface area (Å²) in [6.07, 6.45) is 1.55. The standard InChI is InChI=1S/C29H31N11O3/c1-20-4-10-23(11-5-20)43-29(42)37(2)22-8-6-21(7-9-22)34-28-35-27(31)40(36-28)25-18-24(32-19-33-25)38-14-3-15-39(17-16-38)26(41)12-13-30/h4-11,18-19H,3,12,14-17H2,1-2H3,(H3,31,34,35,36). The third-order valence-corrected chi connectivity index (χ3v) is 6.90. The zero-order valence-electron chi connectivity index (χ0n) is 23.8. The molecule has 0 unspecified atom stereocenters. The monoisotopic (exact) mass is 581 g/mol. The van der Waals surface area contributed by atoms with E-state index in [2.05, 4.69) is 30.3 Å². The number of nitrogens with two attached hydrogens (primary N) is 1. The Labute approximate surface area is 248 Å². The third kappa shape index (κ3) is 6.96. The Morgan fingerprint density at radius 1 is 1.05 bits per heavy atom. The molecule has 1 saturated heterocycles. The molecule has 2 amide bonds. The molecule has 2 aromatic carbocycles. The van der Waals surface area contributed by atoms with Crippen LogP contribution >= 0.6 is 0 Å². The van der Waals surface area contributed by atoms with E-state index in [-0.39, 0.29) is 24.2 Å². The van der Waals surface area contributed by atoms with Gasteiger partial charge in [0.15, 0.2) is 5.82 Å². The predicted molar refractivity (Wildman–Crippen MR) is 160 cm³/mol. The summed E-state index contributed by atoms with van der Waals surface area (Å²) in [4.78, 5) is 42.9. The fraction of sp³-hybridized carbons (Fsp3) is 0.276. The van der Waals surface area contributed by atoms with Crippen molar-refractivity contribution in [1.82, 2.24) is 29.6 Å². The van der Waals surface area contributed by atoms with Gasteiger partial charge in [0.2, 0.25) is 17.8 Å². The van der Waals surface area contributed by atoms with Crippen molar-refractivity contribution in [1.29, 1.82) is 5.26 Å². The first-order chi connectivity index (χ1) is 20.8. The number of anilines is 5. The minimum absolute atomic E-state index is 0.121. The summed E-state index contributed by atoms with van der Waals surface area (Å²) in [5.41, 5.74) is 8.58. The van der Waals surface area contributed by atoms with Gasteiger partial charge in [-0.05, 0) is 49.7 Å². The van der Waals surface area contributed by atoms with Crippen molar-refractivity contribution < 1.29 is 14.3 Å². The second-order valence-electron chi connectivity index (χ2n) is 9.91. The van der Waals surface area contributed by atoms with E-state index in [1.54, 1.807) is 54.4 Å². The van der Waals surface area contributed by atoms with Crippen molar-refractivity contribution in [3.05, 3.63) is 66.5 Å². The molecule has 0 bridgehead atoms. The predicted octanol–water partition coefficient (Wildman–Crippen LogP) is 3.28. The van der Waals surface area contributed by atoms with E-state index in [4.69, 9.17) is 15.7 Å². The highest BCUT2D eigenvalue weighted by molar-refractivity contribution is 5.88. The number of nitrogens with zero attached hydrogens (tertiary/aromatic N) is 9. The van der Waals surface area contributed by atoms with Crippen molar-refractivity contribution in [3.63, 3.8) is 0 Å². The molecule has 3 N–H and O–H groups in total. The molecular weight excluding hydrogens is 550 g/mol. The number of rotatable bonds is 7. The highest BCUT2D eigenvalue weighted by Gasteiger charge is 2.21. The number of hydrogen-bond acceptors (Lipinski definition) is 11. The molecule has 1 fully saturated rings. The average molecular weight is 582 g/mol. The van der Waals surface area contributed by atoms with E-state index in [1.165, 1.54) is 15.9 Å². The van der Waals surface area contributed by atoms with Crippen molar-refractivity contribution in [2.45, 2.75) is 19.8 Å². The lowest BCUT2D eigenvalue weighted by Crippen LogP contribution is -2.35. The van der Waals surface area contributed by atoms with Gasteiger partial charge in [-0.25, -0.2) is 14.8 Å². The fourth-order valence-corrected chi connectivity index (χ4v) is 4.53. The number of ether oxygens (including phenoxy) is 1. The number of hydrogen-bond donors (Lipinski definition) is 2. The molecule has 0 spiro atoms. The molecule has 220 valence electrons. The SMILES string of the molecule is Cc1ccc(OC(=O)N(C)c2ccc(Nc3nc(N)n(-c4cc(N5CCCN(C(=O)CC#N)CC5)ncn4)n3)cc2)cc1. The Balaban J connectivity index is 1.23. The topological polar surface area (TPSA) is 171 Å². The summed E-state index contributed by atoms with van der Waals surface area (Å²) < 4.78 is 6.85. The van der Waals surface area contributed by atoms with Crippen LogP contribution in [0.3, 0.4) is 0 Å². The number of amides is 2. The van der Waals surface area contributed by atoms with Crippen LogP contribution in [0.15, 0.2) is 60.9 Å². The Morgan fingerprint density at radius 3 is 2.53 bits per heavy atom. The second kappa shape index (κ2) is 12.9. The second-order valence-corrected chi connectivity index (χ2v) is 9.91. The smallest absolute Gasteiger partial charge is 0.410 e. The van der Waals surface area contributed by atoms with Crippen LogP contribution in [0.4, 0.5) is 33.9 Å². The Kier molecular flexibility index (Phi) is 8.61. The van der Waals surface area contributed by atoms with Crippen LogP contribution in [0.1, 0.15) is 18.4 Å². The van der Waals surface area contributed by atoms with Crippen LogP contribution in [-0.4, -0.2) is 74.9 Å². The van der Waals surface area contributed by atoms with Gasteiger partial charge in [0.05, 0.1) is 6.07 Å². The van der Waals surface area contributed by atoms with Crippen LogP contribution in [0.25, 0.3) is 5.82 Å². The van der Waals surface area contributed by atoms with Gasteiger partial charge in [-0.2, -0.15) is 14.9 Å². The first-order valence-corrected chi connectivity index (χ1v) is 13.6. The van der Waals surface area contributed by atoms with Gasteiger partial charge in [0, 0.05) is 50.7 Å². The number of nitriles is 1. The molecule has 3 heterocycles. The molecule has 4 aromatic rings. The molecule has 14 heteroatoms. The zero-order chi connectivity index (χ0) is 30.3. The van der Waals surface area contributed by atoms with E-state index in [0.29, 0.717) is 54.9 Å². The maximum Gasteiger partial charge on any atom is 0.419 e. The van der Waals surface area contributed by atoms with Crippen LogP contribution in [0, 0.1) is 18.3 Å². The van der Waals surface area contributed by atoms with E-state index in [0.717, 1.165) is 12.0 Å². The van der Waals surface area contributed by atoms with Gasteiger partial charge in [-0.3, -0.25) is 9.69 Å². The normalized spacial score (nSPS) is 13.1. The molecule has 2 aromatic heterocycles. The van der Waals surface area contributed by atoms with E-state index in [1.807, 2.05) is 25.1 Å². The van der Waals surface area contributed by atoms with Crippen molar-refractivity contribution in [2.75, 3.05) is 54.1 Å².